The standard InChI is InChI=1S/C29H32FN5/c1-3-29(2)13-16-34(17-14-29)26-19-31-27-24(33-26)18-32-28(27)35-15-5-7-23-22(6-4-8-25(23)35)20-9-11-21(30)12-10-20/h4,6,8-12,19H,3,5,7,13-18H2,1-2H3. The van der Waals surface area contributed by atoms with Gasteiger partial charge in [0, 0.05) is 25.3 Å². The van der Waals surface area contributed by atoms with Gasteiger partial charge in [0.05, 0.1) is 18.4 Å². The molecule has 0 spiro atoms. The zero-order valence-corrected chi connectivity index (χ0v) is 20.6. The van der Waals surface area contributed by atoms with E-state index >= 15 is 0 Å². The Balaban J connectivity index is 1.28. The molecule has 4 heterocycles. The summed E-state index contributed by atoms with van der Waals surface area (Å²) in [6.45, 7) is 8.26. The van der Waals surface area contributed by atoms with Crippen LogP contribution in [0.25, 0.3) is 11.1 Å². The molecule has 3 aliphatic rings. The van der Waals surface area contributed by atoms with Crippen LogP contribution in [0.2, 0.25) is 0 Å². The molecule has 0 aliphatic carbocycles. The van der Waals surface area contributed by atoms with Gasteiger partial charge < -0.3 is 9.80 Å². The van der Waals surface area contributed by atoms with Crippen molar-refractivity contribution >= 4 is 17.3 Å². The van der Waals surface area contributed by atoms with Crippen molar-refractivity contribution in [3.05, 3.63) is 71.4 Å². The Morgan fingerprint density at radius 2 is 1.83 bits per heavy atom. The van der Waals surface area contributed by atoms with E-state index < -0.39 is 0 Å². The lowest BCUT2D eigenvalue weighted by Gasteiger charge is -2.39. The molecule has 0 bridgehead atoms. The Bertz CT molecular complexity index is 1270. The molecule has 35 heavy (non-hydrogen) atoms. The van der Waals surface area contributed by atoms with Gasteiger partial charge >= 0.3 is 0 Å². The number of hydrogen-bond donors (Lipinski definition) is 0. The number of rotatable bonds is 3. The van der Waals surface area contributed by atoms with E-state index in [9.17, 15) is 4.39 Å². The molecule has 1 fully saturated rings. The molecular formula is C29H32FN5. The van der Waals surface area contributed by atoms with Gasteiger partial charge in [-0.25, -0.2) is 14.4 Å². The van der Waals surface area contributed by atoms with Crippen LogP contribution in [0.15, 0.2) is 53.7 Å². The normalized spacial score (nSPS) is 18.8. The Kier molecular flexibility index (Phi) is 5.54. The van der Waals surface area contributed by atoms with Crippen molar-refractivity contribution in [2.45, 2.75) is 52.5 Å². The highest BCUT2D eigenvalue weighted by Gasteiger charge is 2.32. The Labute approximate surface area is 206 Å². The Morgan fingerprint density at radius 1 is 1.03 bits per heavy atom. The molecule has 2 aromatic carbocycles. The number of anilines is 2. The summed E-state index contributed by atoms with van der Waals surface area (Å²) in [5.74, 6) is 1.70. The minimum atomic E-state index is -0.209. The zero-order chi connectivity index (χ0) is 24.0. The number of aromatic nitrogens is 2. The van der Waals surface area contributed by atoms with Crippen LogP contribution >= 0.6 is 0 Å². The van der Waals surface area contributed by atoms with Crippen LogP contribution in [0.1, 0.15) is 56.5 Å². The third-order valence-corrected chi connectivity index (χ3v) is 8.23. The zero-order valence-electron chi connectivity index (χ0n) is 20.6. The van der Waals surface area contributed by atoms with Crippen LogP contribution in [0.3, 0.4) is 0 Å². The van der Waals surface area contributed by atoms with Gasteiger partial charge in [0.2, 0.25) is 0 Å². The number of aliphatic imine (C=N–C) groups is 1. The summed E-state index contributed by atoms with van der Waals surface area (Å²) in [5, 5.41) is 0. The van der Waals surface area contributed by atoms with Crippen molar-refractivity contribution in [1.82, 2.24) is 9.97 Å². The summed E-state index contributed by atoms with van der Waals surface area (Å²) in [5.41, 5.74) is 7.00. The number of fused-ring (bicyclic) bond motifs is 2. The Morgan fingerprint density at radius 3 is 2.60 bits per heavy atom. The van der Waals surface area contributed by atoms with E-state index in [1.54, 1.807) is 0 Å². The molecule has 5 nitrogen and oxygen atoms in total. The molecule has 0 atom stereocenters. The molecule has 0 saturated carbocycles. The topological polar surface area (TPSA) is 44.6 Å². The van der Waals surface area contributed by atoms with Crippen molar-refractivity contribution < 1.29 is 4.39 Å². The quantitative estimate of drug-likeness (QED) is 0.471. The van der Waals surface area contributed by atoms with Crippen LogP contribution in [0.4, 0.5) is 15.9 Å². The van der Waals surface area contributed by atoms with E-state index in [4.69, 9.17) is 15.0 Å². The molecule has 1 aromatic heterocycles. The molecular weight excluding hydrogens is 437 g/mol. The van der Waals surface area contributed by atoms with E-state index in [1.807, 2.05) is 18.3 Å². The van der Waals surface area contributed by atoms with E-state index in [0.29, 0.717) is 12.0 Å². The van der Waals surface area contributed by atoms with E-state index in [0.717, 1.165) is 66.6 Å². The highest BCUT2D eigenvalue weighted by atomic mass is 19.1. The SMILES string of the molecule is CCC1(C)CCN(c2cnc3c(n2)CN=C3N2CCCc3c(-c4ccc(F)cc4)cccc32)CC1. The molecule has 1 saturated heterocycles. The maximum Gasteiger partial charge on any atom is 0.156 e. The summed E-state index contributed by atoms with van der Waals surface area (Å²) in [6, 6.07) is 13.2. The highest BCUT2D eigenvalue weighted by molar-refractivity contribution is 6.11. The number of halogens is 1. The highest BCUT2D eigenvalue weighted by Crippen LogP contribution is 2.38. The fourth-order valence-corrected chi connectivity index (χ4v) is 5.68. The van der Waals surface area contributed by atoms with Crippen LogP contribution < -0.4 is 9.80 Å². The molecule has 180 valence electrons. The molecule has 6 rings (SSSR count). The second-order valence-electron chi connectivity index (χ2n) is 10.4. The third-order valence-electron chi connectivity index (χ3n) is 8.23. The smallest absolute Gasteiger partial charge is 0.156 e. The lowest BCUT2D eigenvalue weighted by atomic mass is 9.78. The summed E-state index contributed by atoms with van der Waals surface area (Å²) in [7, 11) is 0. The number of amidine groups is 1. The van der Waals surface area contributed by atoms with E-state index in [2.05, 4.69) is 41.8 Å². The van der Waals surface area contributed by atoms with Gasteiger partial charge in [0.15, 0.2) is 5.84 Å². The van der Waals surface area contributed by atoms with Gasteiger partial charge in [0.25, 0.3) is 0 Å². The van der Waals surface area contributed by atoms with Gasteiger partial charge in [-0.3, -0.25) is 4.99 Å². The minimum Gasteiger partial charge on any atom is -0.355 e. The summed E-state index contributed by atoms with van der Waals surface area (Å²) in [4.78, 5) is 19.5. The fraction of sp³-hybridized carbons (Fsp3) is 0.414. The molecule has 6 heteroatoms. The lowest BCUT2D eigenvalue weighted by Crippen LogP contribution is -2.39. The van der Waals surface area contributed by atoms with Crippen LogP contribution in [0.5, 0.6) is 0 Å². The van der Waals surface area contributed by atoms with Gasteiger partial charge in [-0.15, -0.1) is 0 Å². The monoisotopic (exact) mass is 469 g/mol. The average molecular weight is 470 g/mol. The molecule has 0 amide bonds. The lowest BCUT2D eigenvalue weighted by molar-refractivity contribution is 0.237. The van der Waals surface area contributed by atoms with Crippen LogP contribution in [-0.4, -0.2) is 35.4 Å². The number of piperidine rings is 1. The summed E-state index contributed by atoms with van der Waals surface area (Å²) in [6.07, 6.45) is 7.60. The molecule has 3 aromatic rings. The number of benzene rings is 2. The van der Waals surface area contributed by atoms with Gasteiger partial charge in [0.1, 0.15) is 17.3 Å². The fourth-order valence-electron chi connectivity index (χ4n) is 5.68. The predicted octanol–water partition coefficient (Wildman–Crippen LogP) is 6.01. The van der Waals surface area contributed by atoms with E-state index in [1.165, 1.54) is 42.6 Å². The van der Waals surface area contributed by atoms with Crippen LogP contribution in [-0.2, 0) is 13.0 Å². The molecule has 0 N–H and O–H groups in total. The first kappa shape index (κ1) is 22.2. The van der Waals surface area contributed by atoms with Gasteiger partial charge in [-0.1, -0.05) is 44.5 Å². The first-order valence-corrected chi connectivity index (χ1v) is 12.9. The van der Waals surface area contributed by atoms with E-state index in [-0.39, 0.29) is 5.82 Å². The summed E-state index contributed by atoms with van der Waals surface area (Å²) < 4.78 is 13.5. The van der Waals surface area contributed by atoms with Crippen molar-refractivity contribution in [1.29, 1.82) is 0 Å². The first-order valence-electron chi connectivity index (χ1n) is 12.9. The van der Waals surface area contributed by atoms with Gasteiger partial charge in [-0.2, -0.15) is 0 Å². The third kappa shape index (κ3) is 3.99. The first-order chi connectivity index (χ1) is 17.0. The maximum absolute atomic E-state index is 13.5. The minimum absolute atomic E-state index is 0.209. The van der Waals surface area contributed by atoms with Crippen molar-refractivity contribution in [3.8, 4) is 11.1 Å². The molecule has 0 radical (unpaired) electrons. The molecule has 0 unspecified atom stereocenters. The van der Waals surface area contributed by atoms with Crippen LogP contribution in [0, 0.1) is 11.2 Å². The van der Waals surface area contributed by atoms with Crippen molar-refractivity contribution in [3.63, 3.8) is 0 Å². The Hall–Kier alpha value is -3.28. The number of hydrogen-bond acceptors (Lipinski definition) is 5. The second kappa shape index (κ2) is 8.74. The summed E-state index contributed by atoms with van der Waals surface area (Å²) >= 11 is 0. The number of nitrogens with zero attached hydrogens (tertiary/aromatic N) is 5. The molecule has 3 aliphatic heterocycles. The maximum atomic E-state index is 13.5. The van der Waals surface area contributed by atoms with Gasteiger partial charge in [-0.05, 0) is 66.0 Å². The second-order valence-corrected chi connectivity index (χ2v) is 10.4. The largest absolute Gasteiger partial charge is 0.355 e. The predicted molar refractivity (Wildman–Crippen MR) is 140 cm³/mol. The van der Waals surface area contributed by atoms with Crippen molar-refractivity contribution in [2.24, 2.45) is 10.4 Å². The van der Waals surface area contributed by atoms with Crippen molar-refractivity contribution in [2.75, 3.05) is 29.4 Å². The average Bonchev–Trinajstić information content (AvgIpc) is 3.32.